The smallest absolute Gasteiger partial charge is 0.128 e. The lowest BCUT2D eigenvalue weighted by atomic mass is 10.0. The molecule has 7 heteroatoms. The molecule has 138 valence electrons. The van der Waals surface area contributed by atoms with Crippen LogP contribution in [0.4, 0.5) is 5.82 Å². The predicted molar refractivity (Wildman–Crippen MR) is 102 cm³/mol. The number of methoxy groups -OCH3 is 1. The van der Waals surface area contributed by atoms with E-state index in [0.29, 0.717) is 35.6 Å². The van der Waals surface area contributed by atoms with Gasteiger partial charge in [0.15, 0.2) is 0 Å². The van der Waals surface area contributed by atoms with Gasteiger partial charge < -0.3 is 20.1 Å². The zero-order chi connectivity index (χ0) is 18.5. The van der Waals surface area contributed by atoms with E-state index in [0.717, 1.165) is 36.8 Å². The highest BCUT2D eigenvalue weighted by Gasteiger charge is 2.21. The number of aliphatic hydroxyl groups excluding tert-OH is 1. The van der Waals surface area contributed by atoms with Crippen molar-refractivity contribution in [2.75, 3.05) is 38.7 Å². The van der Waals surface area contributed by atoms with E-state index in [1.54, 1.807) is 25.3 Å². The zero-order valence-electron chi connectivity index (χ0n) is 14.8. The third kappa shape index (κ3) is 4.63. The minimum atomic E-state index is -0.448. The van der Waals surface area contributed by atoms with Crippen LogP contribution in [0.3, 0.4) is 0 Å². The molecule has 2 heterocycles. The molecular weight excluding hydrogens is 352 g/mol. The molecule has 0 amide bonds. The minimum absolute atomic E-state index is 0.301. The molecule has 1 fully saturated rings. The van der Waals surface area contributed by atoms with Crippen LogP contribution in [0.25, 0.3) is 10.9 Å². The molecule has 1 saturated heterocycles. The van der Waals surface area contributed by atoms with E-state index in [4.69, 9.17) is 16.3 Å². The van der Waals surface area contributed by atoms with E-state index in [9.17, 15) is 10.4 Å². The molecule has 1 unspecified atom stereocenters. The van der Waals surface area contributed by atoms with Gasteiger partial charge in [0, 0.05) is 43.2 Å². The summed E-state index contributed by atoms with van der Waals surface area (Å²) >= 11 is 6.03. The standard InChI is InChI=1S/C19H23ClN4O2/c1-26-12-16(25)11-24-6-4-15(5-7-24)22-19-8-13(10-21)17-9-14(20)2-3-18(17)23-19/h2-3,8-9,15-16,25H,4-7,11-12H2,1H3,(H,22,23). The average molecular weight is 375 g/mol. The number of rotatable bonds is 6. The fourth-order valence-corrected chi connectivity index (χ4v) is 3.55. The fourth-order valence-electron chi connectivity index (χ4n) is 3.38. The molecule has 1 aliphatic heterocycles. The van der Waals surface area contributed by atoms with Gasteiger partial charge in [-0.05, 0) is 37.1 Å². The van der Waals surface area contributed by atoms with Gasteiger partial charge in [-0.2, -0.15) is 5.26 Å². The van der Waals surface area contributed by atoms with Crippen LogP contribution in [0.5, 0.6) is 0 Å². The summed E-state index contributed by atoms with van der Waals surface area (Å²) < 4.78 is 4.98. The van der Waals surface area contributed by atoms with E-state index in [-0.39, 0.29) is 0 Å². The van der Waals surface area contributed by atoms with Gasteiger partial charge in [0.25, 0.3) is 0 Å². The predicted octanol–water partition coefficient (Wildman–Crippen LogP) is 2.64. The van der Waals surface area contributed by atoms with Crippen LogP contribution in [0.1, 0.15) is 18.4 Å². The highest BCUT2D eigenvalue weighted by atomic mass is 35.5. The Kier molecular flexibility index (Phi) is 6.28. The topological polar surface area (TPSA) is 81.4 Å². The van der Waals surface area contributed by atoms with Crippen LogP contribution in [0, 0.1) is 11.3 Å². The summed E-state index contributed by atoms with van der Waals surface area (Å²) in [5.74, 6) is 0.717. The Labute approximate surface area is 158 Å². The first kappa shape index (κ1) is 18.9. The van der Waals surface area contributed by atoms with Gasteiger partial charge in [-0.25, -0.2) is 4.98 Å². The van der Waals surface area contributed by atoms with Crippen LogP contribution in [0.2, 0.25) is 5.02 Å². The van der Waals surface area contributed by atoms with Gasteiger partial charge in [-0.15, -0.1) is 0 Å². The second-order valence-corrected chi connectivity index (χ2v) is 7.09. The van der Waals surface area contributed by atoms with Crippen LogP contribution in [-0.4, -0.2) is 60.5 Å². The van der Waals surface area contributed by atoms with Crippen LogP contribution < -0.4 is 5.32 Å². The van der Waals surface area contributed by atoms with Gasteiger partial charge in [0.2, 0.25) is 0 Å². The molecule has 0 spiro atoms. The Hall–Kier alpha value is -1.91. The summed E-state index contributed by atoms with van der Waals surface area (Å²) in [6, 6.07) is 9.71. The maximum Gasteiger partial charge on any atom is 0.128 e. The second-order valence-electron chi connectivity index (χ2n) is 6.66. The lowest BCUT2D eigenvalue weighted by Crippen LogP contribution is -2.43. The first-order valence-corrected chi connectivity index (χ1v) is 9.13. The van der Waals surface area contributed by atoms with Crippen molar-refractivity contribution in [3.8, 4) is 6.07 Å². The highest BCUT2D eigenvalue weighted by Crippen LogP contribution is 2.25. The maximum absolute atomic E-state index is 9.85. The normalized spacial score (nSPS) is 17.2. The molecule has 26 heavy (non-hydrogen) atoms. The van der Waals surface area contributed by atoms with Crippen molar-refractivity contribution in [2.24, 2.45) is 0 Å². The molecule has 0 radical (unpaired) electrons. The fraction of sp³-hybridized carbons (Fsp3) is 0.474. The molecule has 0 aliphatic carbocycles. The summed E-state index contributed by atoms with van der Waals surface area (Å²) in [4.78, 5) is 6.87. The van der Waals surface area contributed by atoms with E-state index in [1.165, 1.54) is 0 Å². The van der Waals surface area contributed by atoms with E-state index in [2.05, 4.69) is 21.3 Å². The van der Waals surface area contributed by atoms with Gasteiger partial charge in [-0.1, -0.05) is 11.6 Å². The van der Waals surface area contributed by atoms with Crippen molar-refractivity contribution in [1.82, 2.24) is 9.88 Å². The van der Waals surface area contributed by atoms with Crippen molar-refractivity contribution in [2.45, 2.75) is 25.0 Å². The van der Waals surface area contributed by atoms with E-state index in [1.807, 2.05) is 6.07 Å². The van der Waals surface area contributed by atoms with Crippen LogP contribution >= 0.6 is 11.6 Å². The number of β-amino-alcohol motifs (C(OH)–C–C–N with tert-alkyl or cyclic N) is 1. The van der Waals surface area contributed by atoms with Gasteiger partial charge in [0.1, 0.15) is 5.82 Å². The van der Waals surface area contributed by atoms with E-state index < -0.39 is 6.10 Å². The van der Waals surface area contributed by atoms with Gasteiger partial charge in [-0.3, -0.25) is 0 Å². The summed E-state index contributed by atoms with van der Waals surface area (Å²) in [6.07, 6.45) is 1.47. The molecule has 2 N–H and O–H groups in total. The number of benzene rings is 1. The largest absolute Gasteiger partial charge is 0.389 e. The number of halogens is 1. The van der Waals surface area contributed by atoms with Gasteiger partial charge >= 0.3 is 0 Å². The Morgan fingerprint density at radius 2 is 2.19 bits per heavy atom. The molecule has 0 saturated carbocycles. The molecule has 1 aromatic heterocycles. The third-order valence-corrected chi connectivity index (χ3v) is 4.89. The molecule has 3 rings (SSSR count). The lowest BCUT2D eigenvalue weighted by Gasteiger charge is -2.33. The number of nitriles is 1. The first-order chi connectivity index (χ1) is 12.6. The molecular formula is C19H23ClN4O2. The van der Waals surface area contributed by atoms with Crippen molar-refractivity contribution < 1.29 is 9.84 Å². The number of hydrogen-bond donors (Lipinski definition) is 2. The average Bonchev–Trinajstić information content (AvgIpc) is 2.63. The summed E-state index contributed by atoms with van der Waals surface area (Å²) in [5.41, 5.74) is 1.33. The SMILES string of the molecule is COCC(O)CN1CCC(Nc2cc(C#N)c3cc(Cl)ccc3n2)CC1. The minimum Gasteiger partial charge on any atom is -0.389 e. The molecule has 2 aromatic rings. The monoisotopic (exact) mass is 374 g/mol. The summed E-state index contributed by atoms with van der Waals surface area (Å²) in [6.45, 7) is 2.81. The lowest BCUT2D eigenvalue weighted by molar-refractivity contribution is 0.0327. The number of piperidine rings is 1. The summed E-state index contributed by atoms with van der Waals surface area (Å²) in [5, 5.41) is 24.1. The van der Waals surface area contributed by atoms with Crippen molar-refractivity contribution in [3.63, 3.8) is 0 Å². The Morgan fingerprint density at radius 3 is 2.88 bits per heavy atom. The number of anilines is 1. The molecule has 1 atom stereocenters. The first-order valence-electron chi connectivity index (χ1n) is 8.75. The second kappa shape index (κ2) is 8.65. The molecule has 1 aromatic carbocycles. The third-order valence-electron chi connectivity index (χ3n) is 4.66. The highest BCUT2D eigenvalue weighted by molar-refractivity contribution is 6.31. The Morgan fingerprint density at radius 1 is 1.42 bits per heavy atom. The number of likely N-dealkylation sites (tertiary alicyclic amines) is 1. The van der Waals surface area contributed by atoms with Crippen molar-refractivity contribution in [1.29, 1.82) is 5.26 Å². The quantitative estimate of drug-likeness (QED) is 0.809. The van der Waals surface area contributed by atoms with Gasteiger partial charge in [0.05, 0.1) is 29.9 Å². The maximum atomic E-state index is 9.85. The number of fused-ring (bicyclic) bond motifs is 1. The number of pyridine rings is 1. The van der Waals surface area contributed by atoms with Crippen molar-refractivity contribution in [3.05, 3.63) is 34.9 Å². The molecule has 1 aliphatic rings. The van der Waals surface area contributed by atoms with Crippen LogP contribution in [-0.2, 0) is 4.74 Å². The Balaban J connectivity index is 1.63. The zero-order valence-corrected chi connectivity index (χ0v) is 15.5. The number of hydrogen-bond acceptors (Lipinski definition) is 6. The van der Waals surface area contributed by atoms with E-state index >= 15 is 0 Å². The number of nitrogens with zero attached hydrogens (tertiary/aromatic N) is 3. The number of ether oxygens (including phenoxy) is 1. The molecule has 0 bridgehead atoms. The van der Waals surface area contributed by atoms with Crippen molar-refractivity contribution >= 4 is 28.3 Å². The number of aromatic nitrogens is 1. The van der Waals surface area contributed by atoms with Crippen LogP contribution in [0.15, 0.2) is 24.3 Å². The number of nitrogens with one attached hydrogen (secondary N) is 1. The molecule has 6 nitrogen and oxygen atoms in total. The summed E-state index contributed by atoms with van der Waals surface area (Å²) in [7, 11) is 1.60. The Bertz CT molecular complexity index is 800. The number of aliphatic hydroxyl groups is 1.